The topological polar surface area (TPSA) is 44.1 Å². The molecule has 0 heterocycles. The molecule has 1 aliphatic rings. The van der Waals surface area contributed by atoms with Crippen LogP contribution < -0.4 is 0 Å². The van der Waals surface area contributed by atoms with Crippen LogP contribution >= 0.6 is 0 Å². The van der Waals surface area contributed by atoms with Crippen molar-refractivity contribution in [1.29, 1.82) is 5.26 Å². The third kappa shape index (κ3) is 3.15. The van der Waals surface area contributed by atoms with Crippen molar-refractivity contribution in [3.05, 3.63) is 0 Å². The van der Waals surface area contributed by atoms with E-state index in [1.165, 1.54) is 14.0 Å². The largest absolute Gasteiger partial charge is 0.392 e. The monoisotopic (exact) mass is 262 g/mol. The highest BCUT2D eigenvalue weighted by Crippen LogP contribution is 2.42. The zero-order valence-electron chi connectivity index (χ0n) is 10.5. The van der Waals surface area contributed by atoms with Crippen molar-refractivity contribution >= 4 is 5.91 Å². The van der Waals surface area contributed by atoms with E-state index in [-0.39, 0.29) is 12.8 Å². The van der Waals surface area contributed by atoms with Gasteiger partial charge in [0.25, 0.3) is 0 Å². The average Bonchev–Trinajstić information content (AvgIpc) is 2.35. The van der Waals surface area contributed by atoms with E-state index < -0.39 is 30.0 Å². The minimum absolute atomic E-state index is 0.00861. The number of hydrogen-bond acceptors (Lipinski definition) is 2. The number of halogens is 3. The fourth-order valence-corrected chi connectivity index (χ4v) is 2.36. The van der Waals surface area contributed by atoms with Crippen molar-refractivity contribution in [3.63, 3.8) is 0 Å². The zero-order valence-corrected chi connectivity index (χ0v) is 10.5. The summed E-state index contributed by atoms with van der Waals surface area (Å²) in [5.74, 6) is -3.15. The van der Waals surface area contributed by atoms with Gasteiger partial charge in [-0.3, -0.25) is 4.79 Å². The molecule has 0 aromatic heterocycles. The first-order valence-corrected chi connectivity index (χ1v) is 6.02. The summed E-state index contributed by atoms with van der Waals surface area (Å²) in [6.07, 6.45) is -2.93. The number of nitrogens with zero attached hydrogens (tertiary/aromatic N) is 2. The second kappa shape index (κ2) is 5.59. The number of rotatable bonds is 2. The second-order valence-electron chi connectivity index (χ2n) is 4.79. The lowest BCUT2D eigenvalue weighted by Gasteiger charge is -2.35. The maximum Gasteiger partial charge on any atom is 0.392 e. The van der Waals surface area contributed by atoms with Gasteiger partial charge >= 0.3 is 6.18 Å². The van der Waals surface area contributed by atoms with Crippen molar-refractivity contribution in [1.82, 2.24) is 4.90 Å². The van der Waals surface area contributed by atoms with Crippen LogP contribution in [0.1, 0.15) is 32.6 Å². The number of alkyl halides is 3. The van der Waals surface area contributed by atoms with Crippen LogP contribution in [-0.2, 0) is 4.79 Å². The van der Waals surface area contributed by atoms with Gasteiger partial charge in [-0.05, 0) is 19.8 Å². The summed E-state index contributed by atoms with van der Waals surface area (Å²) in [4.78, 5) is 13.2. The fourth-order valence-electron chi connectivity index (χ4n) is 2.36. The Morgan fingerprint density at radius 3 is 2.44 bits per heavy atom. The van der Waals surface area contributed by atoms with Crippen LogP contribution in [0.3, 0.4) is 0 Å². The van der Waals surface area contributed by atoms with E-state index in [1.54, 1.807) is 0 Å². The normalized spacial score (nSPS) is 26.2. The second-order valence-corrected chi connectivity index (χ2v) is 4.79. The lowest BCUT2D eigenvalue weighted by molar-refractivity contribution is -0.200. The summed E-state index contributed by atoms with van der Waals surface area (Å²) in [5.41, 5.74) is 0. The highest BCUT2D eigenvalue weighted by atomic mass is 19.4. The predicted molar refractivity (Wildman–Crippen MR) is 59.3 cm³/mol. The number of carbonyl (C=O) groups excluding carboxylic acids is 1. The van der Waals surface area contributed by atoms with Crippen molar-refractivity contribution in [2.24, 2.45) is 11.8 Å². The van der Waals surface area contributed by atoms with E-state index in [0.717, 1.165) is 4.90 Å². The maximum absolute atomic E-state index is 12.9. The molecule has 1 aliphatic carbocycles. The van der Waals surface area contributed by atoms with Gasteiger partial charge in [0, 0.05) is 13.0 Å². The van der Waals surface area contributed by atoms with Gasteiger partial charge in [0.15, 0.2) is 0 Å². The molecule has 1 amide bonds. The highest BCUT2D eigenvalue weighted by molar-refractivity contribution is 5.79. The molecule has 102 valence electrons. The highest BCUT2D eigenvalue weighted by Gasteiger charge is 2.48. The predicted octanol–water partition coefficient (Wildman–Crippen LogP) is 2.73. The van der Waals surface area contributed by atoms with Crippen molar-refractivity contribution in [2.75, 3.05) is 7.05 Å². The van der Waals surface area contributed by atoms with Gasteiger partial charge in [-0.2, -0.15) is 18.4 Å². The summed E-state index contributed by atoms with van der Waals surface area (Å²) < 4.78 is 38.6. The standard InChI is InChI=1S/C12H17F3N2O/c1-8(7-16)17(2)11(18)9-5-3-4-6-10(9)12(13,14)15/h8-10H,3-6H2,1-2H3. The van der Waals surface area contributed by atoms with Crippen LogP contribution in [0.5, 0.6) is 0 Å². The van der Waals surface area contributed by atoms with E-state index in [0.29, 0.717) is 12.8 Å². The molecule has 0 bridgehead atoms. The minimum atomic E-state index is -4.34. The molecule has 0 saturated heterocycles. The minimum Gasteiger partial charge on any atom is -0.330 e. The molecule has 0 radical (unpaired) electrons. The van der Waals surface area contributed by atoms with E-state index >= 15 is 0 Å². The van der Waals surface area contributed by atoms with E-state index in [9.17, 15) is 18.0 Å². The Bertz CT molecular complexity index is 348. The van der Waals surface area contributed by atoms with Gasteiger partial charge in [-0.1, -0.05) is 12.8 Å². The first-order valence-electron chi connectivity index (χ1n) is 6.02. The quantitative estimate of drug-likeness (QED) is 0.768. The Morgan fingerprint density at radius 1 is 1.39 bits per heavy atom. The van der Waals surface area contributed by atoms with Crippen LogP contribution in [-0.4, -0.2) is 30.1 Å². The number of carbonyl (C=O) groups is 1. The van der Waals surface area contributed by atoms with E-state index in [2.05, 4.69) is 0 Å². The Labute approximate surface area is 105 Å². The first kappa shape index (κ1) is 14.8. The van der Waals surface area contributed by atoms with Gasteiger partial charge in [-0.15, -0.1) is 0 Å². The van der Waals surface area contributed by atoms with Crippen LogP contribution in [0.4, 0.5) is 13.2 Å². The molecule has 3 unspecified atom stereocenters. The molecule has 0 N–H and O–H groups in total. The molecule has 3 nitrogen and oxygen atoms in total. The molecule has 0 aliphatic heterocycles. The van der Waals surface area contributed by atoms with Gasteiger partial charge in [0.1, 0.15) is 6.04 Å². The number of amides is 1. The summed E-state index contributed by atoms with van der Waals surface area (Å²) in [6.45, 7) is 1.50. The summed E-state index contributed by atoms with van der Waals surface area (Å²) >= 11 is 0. The Morgan fingerprint density at radius 2 is 1.94 bits per heavy atom. The third-order valence-electron chi connectivity index (χ3n) is 3.62. The Balaban J connectivity index is 2.85. The van der Waals surface area contributed by atoms with Crippen molar-refractivity contribution in [2.45, 2.75) is 44.8 Å². The summed E-state index contributed by atoms with van der Waals surface area (Å²) in [7, 11) is 1.39. The van der Waals surface area contributed by atoms with Crippen LogP contribution in [0.15, 0.2) is 0 Å². The smallest absolute Gasteiger partial charge is 0.330 e. The molecule has 0 spiro atoms. The molecule has 0 aromatic carbocycles. The van der Waals surface area contributed by atoms with E-state index in [1.807, 2.05) is 6.07 Å². The molecular weight excluding hydrogens is 245 g/mol. The zero-order chi connectivity index (χ0) is 13.9. The SMILES string of the molecule is CC(C#N)N(C)C(=O)C1CCCCC1C(F)(F)F. The van der Waals surface area contributed by atoms with Gasteiger partial charge in [0.2, 0.25) is 5.91 Å². The molecular formula is C12H17F3N2O. The van der Waals surface area contributed by atoms with Crippen molar-refractivity contribution in [3.8, 4) is 6.07 Å². The van der Waals surface area contributed by atoms with Gasteiger partial charge in [-0.25, -0.2) is 0 Å². The molecule has 1 saturated carbocycles. The molecule has 6 heteroatoms. The maximum atomic E-state index is 12.9. The first-order chi connectivity index (χ1) is 8.29. The molecule has 1 rings (SSSR count). The van der Waals surface area contributed by atoms with Gasteiger partial charge in [0.05, 0.1) is 12.0 Å². The van der Waals surface area contributed by atoms with E-state index in [4.69, 9.17) is 5.26 Å². The van der Waals surface area contributed by atoms with Crippen LogP contribution in [0.2, 0.25) is 0 Å². The summed E-state index contributed by atoms with van der Waals surface area (Å²) in [5, 5.41) is 8.71. The molecule has 1 fully saturated rings. The summed E-state index contributed by atoms with van der Waals surface area (Å²) in [6, 6.07) is 1.16. The lowest BCUT2D eigenvalue weighted by Crippen LogP contribution is -2.45. The Kier molecular flexibility index (Phi) is 4.60. The van der Waals surface area contributed by atoms with Crippen molar-refractivity contribution < 1.29 is 18.0 Å². The number of nitriles is 1. The van der Waals surface area contributed by atoms with Crippen LogP contribution in [0, 0.1) is 23.2 Å². The average molecular weight is 262 g/mol. The molecule has 18 heavy (non-hydrogen) atoms. The molecule has 0 aromatic rings. The fraction of sp³-hybridized carbons (Fsp3) is 0.833. The van der Waals surface area contributed by atoms with Gasteiger partial charge < -0.3 is 4.90 Å². The number of hydrogen-bond donors (Lipinski definition) is 0. The third-order valence-corrected chi connectivity index (χ3v) is 3.62. The van der Waals surface area contributed by atoms with Crippen LogP contribution in [0.25, 0.3) is 0 Å². The lowest BCUT2D eigenvalue weighted by atomic mass is 9.78. The Hall–Kier alpha value is -1.25. The molecule has 3 atom stereocenters.